The summed E-state index contributed by atoms with van der Waals surface area (Å²) in [7, 11) is -4.27. The molecule has 1 aliphatic heterocycles. The lowest BCUT2D eigenvalue weighted by atomic mass is 9.99. The second-order valence-electron chi connectivity index (χ2n) is 9.76. The summed E-state index contributed by atoms with van der Waals surface area (Å²) in [6.45, 7) is 7.86. The van der Waals surface area contributed by atoms with Gasteiger partial charge in [0.1, 0.15) is 16.7 Å². The minimum Gasteiger partial charge on any atom is -0.744 e. The third kappa shape index (κ3) is 8.37. The fourth-order valence-corrected chi connectivity index (χ4v) is 5.54. The molecule has 0 saturated carbocycles. The number of anilines is 1. The summed E-state index contributed by atoms with van der Waals surface area (Å²) in [6.07, 6.45) is 14.1. The van der Waals surface area contributed by atoms with Gasteiger partial charge in [0.05, 0.1) is 10.3 Å². The van der Waals surface area contributed by atoms with Crippen LogP contribution in [0.15, 0.2) is 113 Å². The van der Waals surface area contributed by atoms with E-state index in [0.29, 0.717) is 5.03 Å². The van der Waals surface area contributed by atoms with Crippen molar-refractivity contribution in [2.24, 2.45) is 0 Å². The van der Waals surface area contributed by atoms with Gasteiger partial charge >= 0.3 is 0 Å². The second kappa shape index (κ2) is 14.4. The molecule has 0 saturated heterocycles. The van der Waals surface area contributed by atoms with Crippen LogP contribution in [0, 0.1) is 6.92 Å². The van der Waals surface area contributed by atoms with Gasteiger partial charge in [-0.15, -0.1) is 0 Å². The van der Waals surface area contributed by atoms with E-state index < -0.39 is 10.1 Å². The van der Waals surface area contributed by atoms with Gasteiger partial charge < -0.3 is 9.45 Å². The molecule has 5 rings (SSSR count). The van der Waals surface area contributed by atoms with E-state index in [1.54, 1.807) is 12.1 Å². The van der Waals surface area contributed by atoms with E-state index in [9.17, 15) is 13.0 Å². The lowest BCUT2D eigenvalue weighted by Crippen LogP contribution is -2.32. The summed E-state index contributed by atoms with van der Waals surface area (Å²) in [5.41, 5.74) is 6.45. The summed E-state index contributed by atoms with van der Waals surface area (Å²) in [6, 6.07) is 19.8. The van der Waals surface area contributed by atoms with Gasteiger partial charge in [-0.3, -0.25) is 0 Å². The lowest BCUT2D eigenvalue weighted by molar-refractivity contribution is -0.667. The van der Waals surface area contributed by atoms with E-state index in [-0.39, 0.29) is 4.90 Å². The molecule has 0 N–H and O–H groups in total. The first kappa shape index (κ1) is 32.5. The molecule has 9 heteroatoms. The van der Waals surface area contributed by atoms with Crippen molar-refractivity contribution in [2.75, 3.05) is 11.4 Å². The predicted molar refractivity (Wildman–Crippen MR) is 179 cm³/mol. The highest BCUT2D eigenvalue weighted by Gasteiger charge is 2.15. The summed E-state index contributed by atoms with van der Waals surface area (Å²) in [5.74, 6) is 0. The van der Waals surface area contributed by atoms with Gasteiger partial charge in [-0.2, -0.15) is 4.57 Å². The Morgan fingerprint density at radius 1 is 0.977 bits per heavy atom. The monoisotopic (exact) mass is 652 g/mol. The van der Waals surface area contributed by atoms with Crippen LogP contribution < -0.4 is 9.47 Å². The fraction of sp³-hybridized carbons (Fsp3) is 0.147. The van der Waals surface area contributed by atoms with Gasteiger partial charge in [-0.1, -0.05) is 64.7 Å². The van der Waals surface area contributed by atoms with Crippen LogP contribution in [0.3, 0.4) is 0 Å². The Kier molecular flexibility index (Phi) is 10.9. The Balaban J connectivity index is 0.000000324. The third-order valence-electron chi connectivity index (χ3n) is 6.86. The van der Waals surface area contributed by atoms with E-state index in [0.717, 1.165) is 62.0 Å². The molecule has 4 aromatic rings. The highest BCUT2D eigenvalue weighted by Crippen LogP contribution is 2.35. The Labute approximate surface area is 268 Å². The smallest absolute Gasteiger partial charge is 0.213 e. The number of pyridine rings is 1. The van der Waals surface area contributed by atoms with Gasteiger partial charge in [-0.25, -0.2) is 8.42 Å². The minimum absolute atomic E-state index is 0.178. The number of halogens is 3. The van der Waals surface area contributed by atoms with Crippen molar-refractivity contribution in [1.82, 2.24) is 0 Å². The van der Waals surface area contributed by atoms with E-state index >= 15 is 0 Å². The van der Waals surface area contributed by atoms with E-state index in [2.05, 4.69) is 60.0 Å². The first-order chi connectivity index (χ1) is 20.5. The maximum atomic E-state index is 10.4. The Hall–Kier alpha value is -3.39. The van der Waals surface area contributed by atoms with Gasteiger partial charge in [-0.05, 0) is 92.6 Å². The van der Waals surface area contributed by atoms with Gasteiger partial charge in [0.25, 0.3) is 0 Å². The van der Waals surface area contributed by atoms with Crippen LogP contribution in [-0.2, 0) is 16.7 Å². The van der Waals surface area contributed by atoms with Gasteiger partial charge in [0.15, 0.2) is 6.20 Å². The first-order valence-corrected chi connectivity index (χ1v) is 16.2. The SMILES string of the molecule is CCN1C=C\C(=C/C=C(Cl)/C=C/c2cc[n+](CC)c3ccc(Cl)cc23)c2cc(Cl)ccc21.Cc1ccc(S(=O)(=O)[O-])cc1. The van der Waals surface area contributed by atoms with Crippen LogP contribution in [-0.4, -0.2) is 19.5 Å². The molecular weight excluding hydrogens is 623 g/mol. The maximum Gasteiger partial charge on any atom is 0.213 e. The number of aryl methyl sites for hydroxylation is 2. The molecular formula is C34H31Cl3N2O3S. The topological polar surface area (TPSA) is 64.3 Å². The molecule has 2 heterocycles. The van der Waals surface area contributed by atoms with Crippen molar-refractivity contribution < 1.29 is 17.5 Å². The molecule has 0 aliphatic carbocycles. The molecule has 0 bridgehead atoms. The molecule has 0 atom stereocenters. The quantitative estimate of drug-likeness (QED) is 0.118. The predicted octanol–water partition coefficient (Wildman–Crippen LogP) is 8.93. The number of hydrogen-bond donors (Lipinski definition) is 0. The zero-order valence-electron chi connectivity index (χ0n) is 24.0. The zero-order valence-corrected chi connectivity index (χ0v) is 27.1. The zero-order chi connectivity index (χ0) is 31.1. The molecule has 0 spiro atoms. The minimum atomic E-state index is -4.27. The van der Waals surface area contributed by atoms with E-state index in [4.69, 9.17) is 34.8 Å². The van der Waals surface area contributed by atoms with Crippen LogP contribution in [0.25, 0.3) is 22.6 Å². The molecule has 0 fully saturated rings. The molecule has 0 unspecified atom stereocenters. The first-order valence-electron chi connectivity index (χ1n) is 13.6. The lowest BCUT2D eigenvalue weighted by Gasteiger charge is -2.26. The van der Waals surface area contributed by atoms with Crippen molar-refractivity contribution >= 4 is 73.2 Å². The average molecular weight is 654 g/mol. The van der Waals surface area contributed by atoms with Crippen LogP contribution in [0.1, 0.15) is 30.5 Å². The van der Waals surface area contributed by atoms with Crippen LogP contribution in [0.5, 0.6) is 0 Å². The Morgan fingerprint density at radius 2 is 1.67 bits per heavy atom. The van der Waals surface area contributed by atoms with Crippen molar-refractivity contribution in [2.45, 2.75) is 32.2 Å². The third-order valence-corrected chi connectivity index (χ3v) is 8.43. The normalized spacial score (nSPS) is 14.3. The molecule has 0 radical (unpaired) electrons. The van der Waals surface area contributed by atoms with Crippen molar-refractivity contribution in [3.05, 3.63) is 135 Å². The largest absolute Gasteiger partial charge is 0.744 e. The molecule has 3 aromatic carbocycles. The number of aromatic nitrogens is 1. The summed E-state index contributed by atoms with van der Waals surface area (Å²) in [4.78, 5) is 2.02. The summed E-state index contributed by atoms with van der Waals surface area (Å²) < 4.78 is 33.4. The van der Waals surface area contributed by atoms with Gasteiger partial charge in [0, 0.05) is 51.2 Å². The van der Waals surface area contributed by atoms with Crippen LogP contribution in [0.4, 0.5) is 5.69 Å². The van der Waals surface area contributed by atoms with E-state index in [1.165, 1.54) is 12.1 Å². The van der Waals surface area contributed by atoms with E-state index in [1.807, 2.05) is 55.5 Å². The number of hydrogen-bond acceptors (Lipinski definition) is 4. The van der Waals surface area contributed by atoms with Crippen LogP contribution in [0.2, 0.25) is 10.0 Å². The van der Waals surface area contributed by atoms with Gasteiger partial charge in [0.2, 0.25) is 5.52 Å². The molecule has 43 heavy (non-hydrogen) atoms. The fourth-order valence-electron chi connectivity index (χ4n) is 4.60. The molecule has 5 nitrogen and oxygen atoms in total. The van der Waals surface area contributed by atoms with Crippen molar-refractivity contribution in [3.63, 3.8) is 0 Å². The Morgan fingerprint density at radius 3 is 2.35 bits per heavy atom. The highest BCUT2D eigenvalue weighted by atomic mass is 35.5. The Bertz CT molecular complexity index is 1860. The maximum absolute atomic E-state index is 10.4. The average Bonchev–Trinajstić information content (AvgIpc) is 2.98. The molecule has 222 valence electrons. The number of benzene rings is 3. The van der Waals surface area contributed by atoms with Crippen LogP contribution >= 0.6 is 34.8 Å². The molecule has 1 aliphatic rings. The second-order valence-corrected chi connectivity index (χ2v) is 12.4. The van der Waals surface area contributed by atoms with Crippen molar-refractivity contribution in [3.8, 4) is 0 Å². The van der Waals surface area contributed by atoms with Crippen molar-refractivity contribution in [1.29, 1.82) is 0 Å². The number of allylic oxidation sites excluding steroid dienone is 6. The summed E-state index contributed by atoms with van der Waals surface area (Å²) >= 11 is 19.1. The number of nitrogens with zero attached hydrogens (tertiary/aromatic N) is 2. The highest BCUT2D eigenvalue weighted by molar-refractivity contribution is 7.85. The summed E-state index contributed by atoms with van der Waals surface area (Å²) in [5, 5.41) is 3.17. The number of rotatable bonds is 6. The number of fused-ring (bicyclic) bond motifs is 2. The molecule has 1 aromatic heterocycles. The molecule has 0 amide bonds. The standard InChI is InChI=1S/C27H24Cl3N2.C7H8O3S/c1-3-31-15-13-19(24-17-22(29)9-11-26(24)31)5-7-21(28)8-6-20-14-16-32(4-2)27-12-10-23(30)18-25(20)27;1-6-2-4-7(5-3-6)11(8,9)10/h5-18H,3-4H2,1-2H3;2-5H,1H3,(H,8,9,10)/q+1;/p-1.